The number of aromatic nitrogens is 1. The molecule has 0 aliphatic heterocycles. The fourth-order valence-corrected chi connectivity index (χ4v) is 2.76. The summed E-state index contributed by atoms with van der Waals surface area (Å²) in [5.74, 6) is 0.886. The van der Waals surface area contributed by atoms with E-state index in [0.29, 0.717) is 6.04 Å². The number of aryl methyl sites for hydroxylation is 1. The van der Waals surface area contributed by atoms with Gasteiger partial charge in [-0.05, 0) is 69.9 Å². The molecule has 0 radical (unpaired) electrons. The molecule has 1 atom stereocenters. The maximum Gasteiger partial charge on any atom is 0.191 e. The van der Waals surface area contributed by atoms with E-state index in [0.717, 1.165) is 38.4 Å². The summed E-state index contributed by atoms with van der Waals surface area (Å²) in [7, 11) is 1.83. The normalized spacial score (nSPS) is 12.6. The maximum atomic E-state index is 4.33. The lowest BCUT2D eigenvalue weighted by Crippen LogP contribution is -2.43. The molecular weight excluding hydrogens is 425 g/mol. The van der Waals surface area contributed by atoms with E-state index in [1.807, 2.05) is 19.4 Å². The molecule has 2 N–H and O–H groups in total. The Bertz CT molecular complexity index is 488. The van der Waals surface area contributed by atoms with Crippen molar-refractivity contribution in [3.05, 3.63) is 29.6 Å². The lowest BCUT2D eigenvalue weighted by molar-refractivity contribution is 0.292. The Kier molecular flexibility index (Phi) is 13.8. The number of hydrogen-bond acceptors (Lipinski definition) is 3. The Morgan fingerprint density at radius 3 is 2.64 bits per heavy atom. The highest BCUT2D eigenvalue weighted by molar-refractivity contribution is 14.0. The standard InChI is InChI=1S/C19H35N5.HI/c1-6-24(7-2)14-8-9-17(4)23-19(20-5)22-13-11-18-10-12-21-15-16(18)3;/h10,12,15,17H,6-9,11,13-14H2,1-5H3,(H2,20,22,23);1H. The van der Waals surface area contributed by atoms with Crippen molar-refractivity contribution < 1.29 is 0 Å². The number of halogens is 1. The minimum atomic E-state index is 0. The summed E-state index contributed by atoms with van der Waals surface area (Å²) in [5.41, 5.74) is 2.58. The first-order valence-electron chi connectivity index (χ1n) is 9.19. The van der Waals surface area contributed by atoms with E-state index in [1.165, 1.54) is 24.1 Å². The van der Waals surface area contributed by atoms with Crippen LogP contribution in [0.1, 0.15) is 44.7 Å². The molecule has 0 fully saturated rings. The minimum absolute atomic E-state index is 0. The Morgan fingerprint density at radius 1 is 1.32 bits per heavy atom. The number of hydrogen-bond donors (Lipinski definition) is 2. The Hall–Kier alpha value is -0.890. The lowest BCUT2D eigenvalue weighted by atomic mass is 10.1. The molecule has 0 aliphatic carbocycles. The predicted octanol–water partition coefficient (Wildman–Crippen LogP) is 3.23. The fraction of sp³-hybridized carbons (Fsp3) is 0.684. The third-order valence-electron chi connectivity index (χ3n) is 4.44. The number of aliphatic imine (C=N–C) groups is 1. The molecule has 5 nitrogen and oxygen atoms in total. The van der Waals surface area contributed by atoms with Crippen molar-refractivity contribution in [3.8, 4) is 0 Å². The molecule has 144 valence electrons. The van der Waals surface area contributed by atoms with Crippen molar-refractivity contribution in [2.45, 2.75) is 53.0 Å². The van der Waals surface area contributed by atoms with Crippen molar-refractivity contribution in [2.75, 3.05) is 33.2 Å². The first kappa shape index (κ1) is 24.1. The SMILES string of the molecule is CCN(CC)CCCC(C)NC(=NC)NCCc1ccncc1C.I. The molecule has 0 saturated carbocycles. The second kappa shape index (κ2) is 14.3. The molecule has 6 heteroatoms. The van der Waals surface area contributed by atoms with Crippen LogP contribution in [0.25, 0.3) is 0 Å². The number of nitrogens with zero attached hydrogens (tertiary/aromatic N) is 3. The quantitative estimate of drug-likeness (QED) is 0.319. The monoisotopic (exact) mass is 461 g/mol. The second-order valence-electron chi connectivity index (χ2n) is 6.27. The van der Waals surface area contributed by atoms with E-state index in [4.69, 9.17) is 0 Å². The van der Waals surface area contributed by atoms with Crippen LogP contribution in [0.2, 0.25) is 0 Å². The number of rotatable bonds is 10. The van der Waals surface area contributed by atoms with Gasteiger partial charge in [-0.1, -0.05) is 13.8 Å². The van der Waals surface area contributed by atoms with Crippen LogP contribution in [0.5, 0.6) is 0 Å². The van der Waals surface area contributed by atoms with Gasteiger partial charge < -0.3 is 15.5 Å². The topological polar surface area (TPSA) is 52.5 Å². The van der Waals surface area contributed by atoms with Crippen LogP contribution in [0, 0.1) is 6.92 Å². The van der Waals surface area contributed by atoms with Gasteiger partial charge in [-0.25, -0.2) is 0 Å². The zero-order valence-corrected chi connectivity index (χ0v) is 18.8. The highest BCUT2D eigenvalue weighted by Gasteiger charge is 2.06. The van der Waals surface area contributed by atoms with Crippen molar-refractivity contribution in [2.24, 2.45) is 4.99 Å². The summed E-state index contributed by atoms with van der Waals surface area (Å²) in [5, 5.41) is 6.89. The van der Waals surface area contributed by atoms with Crippen LogP contribution in [-0.2, 0) is 6.42 Å². The van der Waals surface area contributed by atoms with Gasteiger partial charge in [0.2, 0.25) is 0 Å². The molecular formula is C19H36IN5. The summed E-state index contributed by atoms with van der Waals surface area (Å²) in [6.45, 7) is 13.1. The van der Waals surface area contributed by atoms with Crippen LogP contribution in [0.4, 0.5) is 0 Å². The van der Waals surface area contributed by atoms with Gasteiger partial charge in [0.15, 0.2) is 5.96 Å². The molecule has 0 spiro atoms. The predicted molar refractivity (Wildman–Crippen MR) is 119 cm³/mol. The van der Waals surface area contributed by atoms with Crippen LogP contribution in [0.3, 0.4) is 0 Å². The van der Waals surface area contributed by atoms with Crippen LogP contribution < -0.4 is 10.6 Å². The Labute approximate surface area is 171 Å². The van der Waals surface area contributed by atoms with Crippen molar-refractivity contribution >= 4 is 29.9 Å². The molecule has 1 heterocycles. The Morgan fingerprint density at radius 2 is 2.04 bits per heavy atom. The summed E-state index contributed by atoms with van der Waals surface area (Å²) in [4.78, 5) is 10.9. The van der Waals surface area contributed by atoms with E-state index < -0.39 is 0 Å². The summed E-state index contributed by atoms with van der Waals surface area (Å²) >= 11 is 0. The molecule has 1 unspecified atom stereocenters. The molecule has 0 saturated heterocycles. The molecule has 0 bridgehead atoms. The fourth-order valence-electron chi connectivity index (χ4n) is 2.76. The van der Waals surface area contributed by atoms with Crippen molar-refractivity contribution in [1.29, 1.82) is 0 Å². The van der Waals surface area contributed by atoms with Gasteiger partial charge in [0.05, 0.1) is 0 Å². The Balaban J connectivity index is 0.00000576. The molecule has 1 aromatic heterocycles. The summed E-state index contributed by atoms with van der Waals surface area (Å²) in [6.07, 6.45) is 7.11. The van der Waals surface area contributed by atoms with Crippen LogP contribution in [-0.4, -0.2) is 55.1 Å². The number of guanidine groups is 1. The third kappa shape index (κ3) is 9.99. The molecule has 0 amide bonds. The highest BCUT2D eigenvalue weighted by Crippen LogP contribution is 2.05. The van der Waals surface area contributed by atoms with Gasteiger partial charge >= 0.3 is 0 Å². The largest absolute Gasteiger partial charge is 0.356 e. The van der Waals surface area contributed by atoms with Crippen molar-refractivity contribution in [1.82, 2.24) is 20.5 Å². The van der Waals surface area contributed by atoms with Gasteiger partial charge in [0, 0.05) is 32.0 Å². The van der Waals surface area contributed by atoms with E-state index in [-0.39, 0.29) is 24.0 Å². The molecule has 1 rings (SSSR count). The first-order valence-corrected chi connectivity index (χ1v) is 9.19. The van der Waals surface area contributed by atoms with Gasteiger partial charge in [-0.2, -0.15) is 0 Å². The average Bonchev–Trinajstić information content (AvgIpc) is 2.59. The second-order valence-corrected chi connectivity index (χ2v) is 6.27. The highest BCUT2D eigenvalue weighted by atomic mass is 127. The lowest BCUT2D eigenvalue weighted by Gasteiger charge is -2.21. The minimum Gasteiger partial charge on any atom is -0.356 e. The van der Waals surface area contributed by atoms with Gasteiger partial charge in [0.1, 0.15) is 0 Å². The van der Waals surface area contributed by atoms with E-state index in [9.17, 15) is 0 Å². The zero-order valence-electron chi connectivity index (χ0n) is 16.5. The van der Waals surface area contributed by atoms with Crippen molar-refractivity contribution in [3.63, 3.8) is 0 Å². The zero-order chi connectivity index (χ0) is 17.8. The molecule has 25 heavy (non-hydrogen) atoms. The number of pyridine rings is 1. The van der Waals surface area contributed by atoms with E-state index in [1.54, 1.807) is 0 Å². The number of nitrogens with one attached hydrogen (secondary N) is 2. The maximum absolute atomic E-state index is 4.33. The molecule has 1 aromatic rings. The van der Waals surface area contributed by atoms with E-state index >= 15 is 0 Å². The first-order chi connectivity index (χ1) is 11.6. The van der Waals surface area contributed by atoms with Crippen LogP contribution in [0.15, 0.2) is 23.5 Å². The van der Waals surface area contributed by atoms with Crippen LogP contribution >= 0.6 is 24.0 Å². The molecule has 0 aromatic carbocycles. The summed E-state index contributed by atoms with van der Waals surface area (Å²) in [6, 6.07) is 2.51. The third-order valence-corrected chi connectivity index (χ3v) is 4.44. The van der Waals surface area contributed by atoms with E-state index in [2.05, 4.69) is 59.3 Å². The van der Waals surface area contributed by atoms with Gasteiger partial charge in [-0.3, -0.25) is 9.98 Å². The molecule has 0 aliphatic rings. The van der Waals surface area contributed by atoms with Gasteiger partial charge in [-0.15, -0.1) is 24.0 Å². The van der Waals surface area contributed by atoms with Gasteiger partial charge in [0.25, 0.3) is 0 Å². The average molecular weight is 461 g/mol. The summed E-state index contributed by atoms with van der Waals surface area (Å²) < 4.78 is 0. The smallest absolute Gasteiger partial charge is 0.191 e.